The first-order valence-electron chi connectivity index (χ1n) is 8.00. The Morgan fingerprint density at radius 3 is 2.16 bits per heavy atom. The van der Waals surface area contributed by atoms with Crippen LogP contribution in [0.15, 0.2) is 53.4 Å². The van der Waals surface area contributed by atoms with Gasteiger partial charge in [-0.1, -0.05) is 18.2 Å². The molecule has 1 aliphatic rings. The number of piperazine rings is 1. The van der Waals surface area contributed by atoms with E-state index in [1.54, 1.807) is 36.1 Å². The maximum atomic E-state index is 13.0. The number of hydrogen-bond donors (Lipinski definition) is 0. The lowest BCUT2D eigenvalue weighted by Gasteiger charge is -2.34. The highest BCUT2D eigenvalue weighted by Gasteiger charge is 2.31. The van der Waals surface area contributed by atoms with Crippen molar-refractivity contribution in [3.05, 3.63) is 65.5 Å². The van der Waals surface area contributed by atoms with Crippen LogP contribution in [0, 0.1) is 12.7 Å². The van der Waals surface area contributed by atoms with Gasteiger partial charge in [0.1, 0.15) is 5.82 Å². The van der Waals surface area contributed by atoms with Crippen molar-refractivity contribution < 1.29 is 17.6 Å². The Morgan fingerprint density at radius 1 is 0.960 bits per heavy atom. The van der Waals surface area contributed by atoms with Crippen LogP contribution in [0.5, 0.6) is 0 Å². The van der Waals surface area contributed by atoms with Gasteiger partial charge in [0.05, 0.1) is 4.90 Å². The highest BCUT2D eigenvalue weighted by molar-refractivity contribution is 7.89. The topological polar surface area (TPSA) is 57.7 Å². The molecular weight excluding hydrogens is 343 g/mol. The Balaban J connectivity index is 1.70. The number of halogens is 1. The van der Waals surface area contributed by atoms with E-state index in [1.807, 2.05) is 0 Å². The first kappa shape index (κ1) is 17.6. The van der Waals surface area contributed by atoms with E-state index in [1.165, 1.54) is 28.6 Å². The monoisotopic (exact) mass is 362 g/mol. The van der Waals surface area contributed by atoms with Crippen molar-refractivity contribution in [2.24, 2.45) is 0 Å². The molecule has 0 aromatic heterocycles. The first-order chi connectivity index (χ1) is 11.9. The molecule has 1 saturated heterocycles. The number of benzene rings is 2. The number of aryl methyl sites for hydroxylation is 1. The predicted molar refractivity (Wildman–Crippen MR) is 92.2 cm³/mol. The zero-order valence-electron chi connectivity index (χ0n) is 13.9. The summed E-state index contributed by atoms with van der Waals surface area (Å²) in [6.45, 7) is 2.86. The van der Waals surface area contributed by atoms with Crippen molar-refractivity contribution in [2.45, 2.75) is 11.8 Å². The molecule has 0 aliphatic carbocycles. The summed E-state index contributed by atoms with van der Waals surface area (Å²) in [5.41, 5.74) is 1.10. The van der Waals surface area contributed by atoms with Crippen molar-refractivity contribution >= 4 is 15.9 Å². The maximum Gasteiger partial charge on any atom is 0.253 e. The van der Waals surface area contributed by atoms with Gasteiger partial charge in [0, 0.05) is 31.7 Å². The molecule has 0 unspecified atom stereocenters. The molecule has 25 heavy (non-hydrogen) atoms. The molecule has 2 aromatic carbocycles. The molecule has 132 valence electrons. The molecule has 0 atom stereocenters. The Kier molecular flexibility index (Phi) is 4.87. The van der Waals surface area contributed by atoms with Gasteiger partial charge in [-0.3, -0.25) is 4.79 Å². The van der Waals surface area contributed by atoms with Crippen LogP contribution in [-0.4, -0.2) is 49.7 Å². The van der Waals surface area contributed by atoms with E-state index < -0.39 is 15.8 Å². The number of hydrogen-bond acceptors (Lipinski definition) is 3. The second-order valence-electron chi connectivity index (χ2n) is 5.97. The van der Waals surface area contributed by atoms with Gasteiger partial charge in [-0.2, -0.15) is 4.31 Å². The van der Waals surface area contributed by atoms with Crippen LogP contribution in [-0.2, 0) is 10.0 Å². The third kappa shape index (κ3) is 3.57. The molecule has 0 spiro atoms. The SMILES string of the molecule is Cc1ccccc1S(=O)(=O)N1CCN(C(=O)c2ccc(F)cc2)CC1. The number of sulfonamides is 1. The molecule has 1 heterocycles. The van der Waals surface area contributed by atoms with Gasteiger partial charge in [0.2, 0.25) is 10.0 Å². The molecular formula is C18H19FN2O3S. The van der Waals surface area contributed by atoms with Crippen molar-refractivity contribution in [1.29, 1.82) is 0 Å². The highest BCUT2D eigenvalue weighted by Crippen LogP contribution is 2.21. The van der Waals surface area contributed by atoms with E-state index in [4.69, 9.17) is 0 Å². The Hall–Kier alpha value is -2.25. The minimum Gasteiger partial charge on any atom is -0.336 e. The summed E-state index contributed by atoms with van der Waals surface area (Å²) in [6.07, 6.45) is 0. The van der Waals surface area contributed by atoms with Gasteiger partial charge < -0.3 is 4.90 Å². The van der Waals surface area contributed by atoms with E-state index in [0.29, 0.717) is 29.1 Å². The van der Waals surface area contributed by atoms with E-state index in [-0.39, 0.29) is 19.0 Å². The predicted octanol–water partition coefficient (Wildman–Crippen LogP) is 2.28. The highest BCUT2D eigenvalue weighted by atomic mass is 32.2. The normalized spacial score (nSPS) is 16.0. The fourth-order valence-corrected chi connectivity index (χ4v) is 4.54. The lowest BCUT2D eigenvalue weighted by Crippen LogP contribution is -2.50. The molecule has 0 radical (unpaired) electrons. The smallest absolute Gasteiger partial charge is 0.253 e. The van der Waals surface area contributed by atoms with Gasteiger partial charge >= 0.3 is 0 Å². The lowest BCUT2D eigenvalue weighted by atomic mass is 10.2. The Bertz CT molecular complexity index is 873. The van der Waals surface area contributed by atoms with Crippen molar-refractivity contribution in [3.63, 3.8) is 0 Å². The second-order valence-corrected chi connectivity index (χ2v) is 7.88. The fourth-order valence-electron chi connectivity index (χ4n) is 2.89. The number of amides is 1. The summed E-state index contributed by atoms with van der Waals surface area (Å²) >= 11 is 0. The van der Waals surface area contributed by atoms with Crippen molar-refractivity contribution in [1.82, 2.24) is 9.21 Å². The molecule has 2 aromatic rings. The quantitative estimate of drug-likeness (QED) is 0.842. The number of rotatable bonds is 3. The van der Waals surface area contributed by atoms with Gasteiger partial charge in [0.25, 0.3) is 5.91 Å². The molecule has 0 bridgehead atoms. The van der Waals surface area contributed by atoms with E-state index in [9.17, 15) is 17.6 Å². The van der Waals surface area contributed by atoms with E-state index in [0.717, 1.165) is 0 Å². The van der Waals surface area contributed by atoms with Crippen molar-refractivity contribution in [2.75, 3.05) is 26.2 Å². The molecule has 5 nitrogen and oxygen atoms in total. The average Bonchev–Trinajstić information content (AvgIpc) is 2.62. The average molecular weight is 362 g/mol. The van der Waals surface area contributed by atoms with E-state index >= 15 is 0 Å². The summed E-state index contributed by atoms with van der Waals surface area (Å²) in [5, 5.41) is 0. The molecule has 0 saturated carbocycles. The first-order valence-corrected chi connectivity index (χ1v) is 9.44. The molecule has 7 heteroatoms. The van der Waals surface area contributed by atoms with Crippen LogP contribution in [0.2, 0.25) is 0 Å². The summed E-state index contributed by atoms with van der Waals surface area (Å²) in [5.74, 6) is -0.612. The fraction of sp³-hybridized carbons (Fsp3) is 0.278. The summed E-state index contributed by atoms with van der Waals surface area (Å²) in [4.78, 5) is 14.3. The van der Waals surface area contributed by atoms with Crippen LogP contribution in [0.3, 0.4) is 0 Å². The molecule has 3 rings (SSSR count). The summed E-state index contributed by atoms with van der Waals surface area (Å²) in [7, 11) is -3.57. The van der Waals surface area contributed by atoms with E-state index in [2.05, 4.69) is 0 Å². The van der Waals surface area contributed by atoms with Gasteiger partial charge in [-0.15, -0.1) is 0 Å². The number of carbonyl (C=O) groups is 1. The zero-order chi connectivity index (χ0) is 18.0. The van der Waals surface area contributed by atoms with Gasteiger partial charge in [-0.25, -0.2) is 12.8 Å². The van der Waals surface area contributed by atoms with Crippen LogP contribution in [0.25, 0.3) is 0 Å². The largest absolute Gasteiger partial charge is 0.336 e. The minimum atomic E-state index is -3.57. The maximum absolute atomic E-state index is 13.0. The third-order valence-corrected chi connectivity index (χ3v) is 6.39. The van der Waals surface area contributed by atoms with Crippen LogP contribution < -0.4 is 0 Å². The Labute approximate surface area is 146 Å². The zero-order valence-corrected chi connectivity index (χ0v) is 14.7. The second kappa shape index (κ2) is 6.93. The lowest BCUT2D eigenvalue weighted by molar-refractivity contribution is 0.0698. The standard InChI is InChI=1S/C18H19FN2O3S/c1-14-4-2-3-5-17(14)25(23,24)21-12-10-20(11-13-21)18(22)15-6-8-16(19)9-7-15/h2-9H,10-13H2,1H3. The van der Waals surface area contributed by atoms with Crippen LogP contribution in [0.4, 0.5) is 4.39 Å². The van der Waals surface area contributed by atoms with Crippen LogP contribution in [0.1, 0.15) is 15.9 Å². The van der Waals surface area contributed by atoms with Gasteiger partial charge in [-0.05, 0) is 42.8 Å². The molecule has 1 amide bonds. The summed E-state index contributed by atoms with van der Waals surface area (Å²) < 4.78 is 39.9. The van der Waals surface area contributed by atoms with Crippen LogP contribution >= 0.6 is 0 Å². The van der Waals surface area contributed by atoms with Gasteiger partial charge in [0.15, 0.2) is 0 Å². The molecule has 0 N–H and O–H groups in total. The molecule has 1 aliphatic heterocycles. The van der Waals surface area contributed by atoms with Crippen molar-refractivity contribution in [3.8, 4) is 0 Å². The number of nitrogens with zero attached hydrogens (tertiary/aromatic N) is 2. The summed E-state index contributed by atoms with van der Waals surface area (Å²) in [6, 6.07) is 12.2. The number of carbonyl (C=O) groups excluding carboxylic acids is 1. The Morgan fingerprint density at radius 2 is 1.56 bits per heavy atom. The third-order valence-electron chi connectivity index (χ3n) is 4.33. The minimum absolute atomic E-state index is 0.215. The molecule has 1 fully saturated rings.